The molecule has 1 aromatic heterocycles. The van der Waals surface area contributed by atoms with E-state index in [0.717, 1.165) is 43.5 Å². The summed E-state index contributed by atoms with van der Waals surface area (Å²) in [5.74, 6) is 0. The van der Waals surface area contributed by atoms with Crippen molar-refractivity contribution in [3.63, 3.8) is 0 Å². The Morgan fingerprint density at radius 1 is 1.33 bits per heavy atom. The molecule has 21 heavy (non-hydrogen) atoms. The first-order chi connectivity index (χ1) is 10.0. The van der Waals surface area contributed by atoms with Gasteiger partial charge in [0.2, 0.25) is 0 Å². The minimum Gasteiger partial charge on any atom is -0.390 e. The summed E-state index contributed by atoms with van der Waals surface area (Å²) in [6.45, 7) is 4.67. The van der Waals surface area contributed by atoms with Gasteiger partial charge in [0, 0.05) is 20.1 Å². The van der Waals surface area contributed by atoms with Crippen molar-refractivity contribution in [3.8, 4) is 0 Å². The van der Waals surface area contributed by atoms with Gasteiger partial charge in [0.1, 0.15) is 0 Å². The van der Waals surface area contributed by atoms with Crippen molar-refractivity contribution in [2.45, 2.75) is 70.5 Å². The zero-order valence-electron chi connectivity index (χ0n) is 13.4. The highest BCUT2D eigenvalue weighted by molar-refractivity contribution is 6.31. The lowest BCUT2D eigenvalue weighted by atomic mass is 9.79. The molecule has 0 aromatic carbocycles. The smallest absolute Gasteiger partial charge is 0.0943 e. The van der Waals surface area contributed by atoms with Gasteiger partial charge in [-0.1, -0.05) is 37.8 Å². The first kappa shape index (κ1) is 16.8. The summed E-state index contributed by atoms with van der Waals surface area (Å²) in [5, 5.41) is 15.9. The first-order valence-electron chi connectivity index (χ1n) is 8.06. The third-order valence-electron chi connectivity index (χ3n) is 4.63. The normalized spacial score (nSPS) is 19.7. The molecule has 0 spiro atoms. The van der Waals surface area contributed by atoms with Gasteiger partial charge in [0.15, 0.2) is 0 Å². The molecule has 0 saturated heterocycles. The maximum absolute atomic E-state index is 10.8. The van der Waals surface area contributed by atoms with Crippen LogP contribution in [0.3, 0.4) is 0 Å². The third kappa shape index (κ3) is 3.43. The summed E-state index contributed by atoms with van der Waals surface area (Å²) in [6, 6.07) is 0. The standard InChI is InChI=1S/C16H27ClN2O2/c1-4-12-15(17)13(19(3)18-12)11-14(20)16(21-5-2)9-7-6-8-10-16/h14,20H,4-11H2,1-3H3. The molecule has 1 aliphatic rings. The number of aryl methyl sites for hydroxylation is 2. The fraction of sp³-hybridized carbons (Fsp3) is 0.812. The molecule has 4 nitrogen and oxygen atoms in total. The first-order valence-corrected chi connectivity index (χ1v) is 8.44. The zero-order chi connectivity index (χ0) is 15.5. The molecule has 1 N–H and O–H groups in total. The van der Waals surface area contributed by atoms with Gasteiger partial charge in [-0.3, -0.25) is 4.68 Å². The van der Waals surface area contributed by atoms with Gasteiger partial charge < -0.3 is 9.84 Å². The average Bonchev–Trinajstić information content (AvgIpc) is 2.76. The number of aliphatic hydroxyl groups is 1. The number of ether oxygens (including phenoxy) is 1. The van der Waals surface area contributed by atoms with Gasteiger partial charge in [-0.15, -0.1) is 0 Å². The van der Waals surface area contributed by atoms with Crippen LogP contribution in [0.1, 0.15) is 57.3 Å². The second-order valence-corrected chi connectivity index (χ2v) is 6.34. The van der Waals surface area contributed by atoms with Crippen LogP contribution in [-0.2, 0) is 24.6 Å². The monoisotopic (exact) mass is 314 g/mol. The number of hydrogen-bond acceptors (Lipinski definition) is 3. The lowest BCUT2D eigenvalue weighted by Crippen LogP contribution is -2.48. The SMILES string of the molecule is CCOC1(C(O)Cc2c(Cl)c(CC)nn2C)CCCCC1. The fourth-order valence-electron chi connectivity index (χ4n) is 3.42. The van der Waals surface area contributed by atoms with E-state index in [1.807, 2.05) is 20.9 Å². The molecular weight excluding hydrogens is 288 g/mol. The molecule has 5 heteroatoms. The molecule has 1 aliphatic carbocycles. The Morgan fingerprint density at radius 2 is 2.00 bits per heavy atom. The van der Waals surface area contributed by atoms with Gasteiger partial charge in [0.25, 0.3) is 0 Å². The molecule has 1 saturated carbocycles. The van der Waals surface area contributed by atoms with E-state index in [1.54, 1.807) is 4.68 Å². The second kappa shape index (κ2) is 7.12. The van der Waals surface area contributed by atoms with Crippen LogP contribution in [0, 0.1) is 0 Å². The summed E-state index contributed by atoms with van der Waals surface area (Å²) in [5.41, 5.74) is 1.40. The maximum Gasteiger partial charge on any atom is 0.0943 e. The van der Waals surface area contributed by atoms with Crippen molar-refractivity contribution in [1.82, 2.24) is 9.78 Å². The van der Waals surface area contributed by atoms with Crippen molar-refractivity contribution in [3.05, 3.63) is 16.4 Å². The van der Waals surface area contributed by atoms with Crippen molar-refractivity contribution in [1.29, 1.82) is 0 Å². The highest BCUT2D eigenvalue weighted by atomic mass is 35.5. The van der Waals surface area contributed by atoms with Gasteiger partial charge in [-0.25, -0.2) is 0 Å². The van der Waals surface area contributed by atoms with Gasteiger partial charge in [-0.05, 0) is 26.2 Å². The Hall–Kier alpha value is -0.580. The molecule has 1 atom stereocenters. The molecule has 0 bridgehead atoms. The van der Waals surface area contributed by atoms with E-state index in [-0.39, 0.29) is 0 Å². The van der Waals surface area contributed by atoms with Crippen LogP contribution in [0.4, 0.5) is 0 Å². The Kier molecular flexibility index (Phi) is 5.69. The van der Waals surface area contributed by atoms with Crippen LogP contribution >= 0.6 is 11.6 Å². The number of aliphatic hydroxyl groups excluding tert-OH is 1. The Balaban J connectivity index is 2.18. The number of nitrogens with zero attached hydrogens (tertiary/aromatic N) is 2. The van der Waals surface area contributed by atoms with Gasteiger partial charge >= 0.3 is 0 Å². The summed E-state index contributed by atoms with van der Waals surface area (Å²) in [6.07, 6.45) is 6.11. The van der Waals surface area contributed by atoms with E-state index in [1.165, 1.54) is 6.42 Å². The van der Waals surface area contributed by atoms with Crippen LogP contribution < -0.4 is 0 Å². The molecular formula is C16H27ClN2O2. The van der Waals surface area contributed by atoms with Crippen LogP contribution in [0.2, 0.25) is 5.02 Å². The Bertz CT molecular complexity index is 462. The van der Waals surface area contributed by atoms with E-state index in [2.05, 4.69) is 5.10 Å². The van der Waals surface area contributed by atoms with Crippen molar-refractivity contribution in [2.75, 3.05) is 6.61 Å². The van der Waals surface area contributed by atoms with E-state index < -0.39 is 11.7 Å². The van der Waals surface area contributed by atoms with Gasteiger partial charge in [-0.2, -0.15) is 5.10 Å². The van der Waals surface area contributed by atoms with Crippen molar-refractivity contribution in [2.24, 2.45) is 7.05 Å². The minimum absolute atomic E-state index is 0.410. The van der Waals surface area contributed by atoms with E-state index in [9.17, 15) is 5.11 Å². The topological polar surface area (TPSA) is 47.3 Å². The third-order valence-corrected chi connectivity index (χ3v) is 5.06. The number of aromatic nitrogens is 2. The Labute approximate surface area is 132 Å². The maximum atomic E-state index is 10.8. The van der Waals surface area contributed by atoms with E-state index in [0.29, 0.717) is 18.1 Å². The fourth-order valence-corrected chi connectivity index (χ4v) is 3.79. The second-order valence-electron chi connectivity index (χ2n) is 5.96. The van der Waals surface area contributed by atoms with Crippen molar-refractivity contribution < 1.29 is 9.84 Å². The predicted molar refractivity (Wildman–Crippen MR) is 84.7 cm³/mol. The zero-order valence-corrected chi connectivity index (χ0v) is 14.1. The number of hydrogen-bond donors (Lipinski definition) is 1. The highest BCUT2D eigenvalue weighted by Crippen LogP contribution is 2.36. The molecule has 1 unspecified atom stereocenters. The van der Waals surface area contributed by atoms with Crippen LogP contribution in [-0.4, -0.2) is 33.2 Å². The summed E-state index contributed by atoms with van der Waals surface area (Å²) < 4.78 is 7.79. The predicted octanol–water partition coefficient (Wildman–Crippen LogP) is 3.28. The largest absolute Gasteiger partial charge is 0.390 e. The van der Waals surface area contributed by atoms with Crippen LogP contribution in [0.25, 0.3) is 0 Å². The molecule has 0 radical (unpaired) electrons. The molecule has 1 aromatic rings. The molecule has 120 valence electrons. The lowest BCUT2D eigenvalue weighted by Gasteiger charge is -2.40. The summed E-state index contributed by atoms with van der Waals surface area (Å²) >= 11 is 6.40. The summed E-state index contributed by atoms with van der Waals surface area (Å²) in [7, 11) is 1.89. The number of halogens is 1. The van der Waals surface area contributed by atoms with E-state index >= 15 is 0 Å². The summed E-state index contributed by atoms with van der Waals surface area (Å²) in [4.78, 5) is 0. The molecule has 2 rings (SSSR count). The van der Waals surface area contributed by atoms with Crippen LogP contribution in [0.5, 0.6) is 0 Å². The number of rotatable bonds is 6. The quantitative estimate of drug-likeness (QED) is 0.876. The minimum atomic E-state index is -0.532. The average molecular weight is 315 g/mol. The molecule has 0 amide bonds. The Morgan fingerprint density at radius 3 is 2.52 bits per heavy atom. The van der Waals surface area contributed by atoms with Crippen molar-refractivity contribution >= 4 is 11.6 Å². The van der Waals surface area contributed by atoms with Gasteiger partial charge in [0.05, 0.1) is 28.1 Å². The highest BCUT2D eigenvalue weighted by Gasteiger charge is 2.40. The van der Waals surface area contributed by atoms with Crippen LogP contribution in [0.15, 0.2) is 0 Å². The lowest BCUT2D eigenvalue weighted by molar-refractivity contribution is -0.139. The molecule has 1 heterocycles. The molecule has 1 fully saturated rings. The molecule has 0 aliphatic heterocycles. The van der Waals surface area contributed by atoms with E-state index in [4.69, 9.17) is 16.3 Å².